The molecule has 0 aliphatic carbocycles. The monoisotopic (exact) mass is 256 g/mol. The van der Waals surface area contributed by atoms with Crippen LogP contribution in [-0.4, -0.2) is 16.9 Å². The summed E-state index contributed by atoms with van der Waals surface area (Å²) in [6.45, 7) is 0. The van der Waals surface area contributed by atoms with Gasteiger partial charge in [-0.3, -0.25) is 5.10 Å². The summed E-state index contributed by atoms with van der Waals surface area (Å²) in [6, 6.07) is 7.61. The molecule has 0 aliphatic heterocycles. The van der Waals surface area contributed by atoms with Crippen LogP contribution in [0, 0.1) is 7.91 Å². The first kappa shape index (κ1) is 10.5. The summed E-state index contributed by atoms with van der Waals surface area (Å²) in [6.07, 6.45) is 0. The zero-order valence-electron chi connectivity index (χ0n) is 7.89. The molecule has 15 heavy (non-hydrogen) atoms. The quantitative estimate of drug-likeness (QED) is 0.836. The molecule has 0 atom stereocenters. The second-order valence-electron chi connectivity index (χ2n) is 2.80. The van der Waals surface area contributed by atoms with Gasteiger partial charge in [-0.05, 0) is 48.7 Å². The van der Waals surface area contributed by atoms with E-state index in [4.69, 9.17) is 29.2 Å². The summed E-state index contributed by atoms with van der Waals surface area (Å²) in [4.78, 5) is 0. The third kappa shape index (κ3) is 2.17. The lowest BCUT2D eigenvalue weighted by molar-refractivity contribution is 0.414. The Hall–Kier alpha value is -0.980. The normalized spacial score (nSPS) is 10.2. The Labute approximate surface area is 101 Å². The topological polar surface area (TPSA) is 29.9 Å². The van der Waals surface area contributed by atoms with E-state index < -0.39 is 0 Å². The molecule has 3 nitrogen and oxygen atoms in total. The molecular formula is C9H8N2OS3. The van der Waals surface area contributed by atoms with Crippen molar-refractivity contribution in [2.24, 2.45) is 0 Å². The van der Waals surface area contributed by atoms with Crippen LogP contribution in [0.3, 0.4) is 0 Å². The van der Waals surface area contributed by atoms with Gasteiger partial charge in [-0.25, -0.2) is 4.68 Å². The molecule has 0 amide bonds. The summed E-state index contributed by atoms with van der Waals surface area (Å²) >= 11 is 11.6. The molecule has 0 spiro atoms. The molecule has 1 heterocycles. The Morgan fingerprint density at radius 2 is 1.93 bits per heavy atom. The van der Waals surface area contributed by atoms with Crippen LogP contribution in [0.5, 0.6) is 5.75 Å². The van der Waals surface area contributed by atoms with E-state index in [0.717, 1.165) is 11.4 Å². The predicted octanol–water partition coefficient (Wildman–Crippen LogP) is 3.33. The first-order valence-electron chi connectivity index (χ1n) is 4.17. The van der Waals surface area contributed by atoms with Gasteiger partial charge in [0.2, 0.25) is 0 Å². The number of aromatic nitrogens is 2. The van der Waals surface area contributed by atoms with E-state index in [9.17, 15) is 0 Å². The second kappa shape index (κ2) is 4.26. The molecule has 2 rings (SSSR count). The number of methoxy groups -OCH3 is 1. The van der Waals surface area contributed by atoms with Gasteiger partial charge in [-0.1, -0.05) is 11.3 Å². The van der Waals surface area contributed by atoms with Crippen LogP contribution >= 0.6 is 35.8 Å². The minimum atomic E-state index is 0.677. The zero-order chi connectivity index (χ0) is 10.8. The molecular weight excluding hydrogens is 248 g/mol. The smallest absolute Gasteiger partial charge is 0.183 e. The van der Waals surface area contributed by atoms with Crippen molar-refractivity contribution >= 4 is 35.8 Å². The molecule has 0 bridgehead atoms. The molecule has 6 heteroatoms. The standard InChI is InChI=1S/C9H8N2OS3/c1-12-7-4-2-6(3-5-7)11-9(14)15-8(13)10-11/h2-5H,1H3,(H,10,13). The lowest BCUT2D eigenvalue weighted by Crippen LogP contribution is -1.95. The largest absolute Gasteiger partial charge is 0.497 e. The molecule has 0 saturated heterocycles. The first-order valence-corrected chi connectivity index (χ1v) is 5.80. The predicted molar refractivity (Wildman–Crippen MR) is 66.2 cm³/mol. The number of H-pyrrole nitrogens is 1. The van der Waals surface area contributed by atoms with Gasteiger partial charge in [-0.2, -0.15) is 0 Å². The second-order valence-corrected chi connectivity index (χ2v) is 5.11. The number of aromatic amines is 1. The lowest BCUT2D eigenvalue weighted by Gasteiger charge is -2.03. The van der Waals surface area contributed by atoms with Crippen LogP contribution in [-0.2, 0) is 0 Å². The zero-order valence-corrected chi connectivity index (χ0v) is 10.3. The summed E-state index contributed by atoms with van der Waals surface area (Å²) in [5.41, 5.74) is 0.952. The van der Waals surface area contributed by atoms with Crippen molar-refractivity contribution in [3.8, 4) is 11.4 Å². The summed E-state index contributed by atoms with van der Waals surface area (Å²) in [5, 5.41) is 3.00. The fraction of sp³-hybridized carbons (Fsp3) is 0.111. The fourth-order valence-corrected chi connectivity index (χ4v) is 2.61. The molecule has 0 aliphatic rings. The van der Waals surface area contributed by atoms with Gasteiger partial charge in [0.25, 0.3) is 0 Å². The van der Waals surface area contributed by atoms with E-state index in [0.29, 0.717) is 7.91 Å². The average Bonchev–Trinajstić information content (AvgIpc) is 2.58. The van der Waals surface area contributed by atoms with E-state index in [-0.39, 0.29) is 0 Å². The first-order chi connectivity index (χ1) is 7.20. The Balaban J connectivity index is 2.50. The van der Waals surface area contributed by atoms with E-state index in [2.05, 4.69) is 5.10 Å². The summed E-state index contributed by atoms with van der Waals surface area (Å²) in [5.74, 6) is 0.819. The van der Waals surface area contributed by atoms with Crippen molar-refractivity contribution < 1.29 is 4.74 Å². The van der Waals surface area contributed by atoms with Gasteiger partial charge in [0.15, 0.2) is 7.91 Å². The summed E-state index contributed by atoms with van der Waals surface area (Å²) < 4.78 is 8.25. The van der Waals surface area contributed by atoms with Crippen molar-refractivity contribution in [2.75, 3.05) is 7.11 Å². The van der Waals surface area contributed by atoms with Crippen molar-refractivity contribution in [3.63, 3.8) is 0 Å². The summed E-state index contributed by atoms with van der Waals surface area (Å²) in [7, 11) is 1.64. The highest BCUT2D eigenvalue weighted by Crippen LogP contribution is 2.16. The molecule has 0 saturated carbocycles. The van der Waals surface area contributed by atoms with E-state index in [1.807, 2.05) is 24.3 Å². The number of hydrogen-bond acceptors (Lipinski definition) is 4. The molecule has 1 aromatic heterocycles. The number of nitrogens with one attached hydrogen (secondary N) is 1. The Morgan fingerprint density at radius 3 is 2.40 bits per heavy atom. The fourth-order valence-electron chi connectivity index (χ4n) is 1.19. The maximum absolute atomic E-state index is 5.17. The molecule has 0 radical (unpaired) electrons. The third-order valence-corrected chi connectivity index (χ3v) is 3.30. The molecule has 1 aromatic carbocycles. The lowest BCUT2D eigenvalue weighted by atomic mass is 10.3. The Bertz CT molecular complexity index is 564. The van der Waals surface area contributed by atoms with Crippen molar-refractivity contribution in [2.45, 2.75) is 0 Å². The number of rotatable bonds is 2. The van der Waals surface area contributed by atoms with Crippen LogP contribution in [0.4, 0.5) is 0 Å². The molecule has 2 aromatic rings. The van der Waals surface area contributed by atoms with Crippen LogP contribution in [0.15, 0.2) is 24.3 Å². The van der Waals surface area contributed by atoms with E-state index in [1.54, 1.807) is 11.8 Å². The highest BCUT2D eigenvalue weighted by atomic mass is 32.2. The van der Waals surface area contributed by atoms with Crippen LogP contribution in [0.2, 0.25) is 0 Å². The minimum absolute atomic E-state index is 0.677. The van der Waals surface area contributed by atoms with Gasteiger partial charge < -0.3 is 4.74 Å². The van der Waals surface area contributed by atoms with Crippen molar-refractivity contribution in [1.82, 2.24) is 9.78 Å². The minimum Gasteiger partial charge on any atom is -0.497 e. The highest BCUT2D eigenvalue weighted by Gasteiger charge is 1.99. The SMILES string of the molecule is COc1ccc(-n2[nH]c(=S)sc2=S)cc1. The van der Waals surface area contributed by atoms with Crippen LogP contribution in [0.25, 0.3) is 5.69 Å². The average molecular weight is 256 g/mol. The molecule has 0 fully saturated rings. The van der Waals surface area contributed by atoms with Crippen LogP contribution in [0.1, 0.15) is 0 Å². The van der Waals surface area contributed by atoms with Gasteiger partial charge in [0, 0.05) is 0 Å². The number of benzene rings is 1. The Kier molecular flexibility index (Phi) is 2.99. The van der Waals surface area contributed by atoms with Crippen LogP contribution < -0.4 is 4.74 Å². The van der Waals surface area contributed by atoms with E-state index >= 15 is 0 Å². The molecule has 78 valence electrons. The molecule has 1 N–H and O–H groups in total. The highest BCUT2D eigenvalue weighted by molar-refractivity contribution is 7.75. The number of ether oxygens (including phenoxy) is 1. The van der Waals surface area contributed by atoms with Gasteiger partial charge in [0.1, 0.15) is 5.75 Å². The maximum atomic E-state index is 5.17. The number of nitrogens with zero attached hydrogens (tertiary/aromatic N) is 1. The molecule has 0 unspecified atom stereocenters. The van der Waals surface area contributed by atoms with E-state index in [1.165, 1.54) is 11.3 Å². The van der Waals surface area contributed by atoms with Crippen molar-refractivity contribution in [3.05, 3.63) is 32.2 Å². The van der Waals surface area contributed by atoms with Gasteiger partial charge in [-0.15, -0.1) is 0 Å². The van der Waals surface area contributed by atoms with Gasteiger partial charge >= 0.3 is 0 Å². The number of hydrogen-bond donors (Lipinski definition) is 1. The Morgan fingerprint density at radius 1 is 1.27 bits per heavy atom. The maximum Gasteiger partial charge on any atom is 0.183 e. The van der Waals surface area contributed by atoms with Gasteiger partial charge in [0.05, 0.1) is 12.8 Å². The third-order valence-electron chi connectivity index (χ3n) is 1.90. The van der Waals surface area contributed by atoms with Crippen molar-refractivity contribution in [1.29, 1.82) is 0 Å².